The Hall–Kier alpha value is -1.60. The van der Waals surface area contributed by atoms with Crippen LogP contribution in [-0.4, -0.2) is 0 Å². The zero-order valence-electron chi connectivity index (χ0n) is 12.4. The van der Waals surface area contributed by atoms with Gasteiger partial charge in [-0.15, -0.1) is 0 Å². The zero-order valence-corrected chi connectivity index (χ0v) is 12.4. The average Bonchev–Trinajstić information content (AvgIpc) is 2.90. The largest absolute Gasteiger partial charge is 0.324 e. The summed E-state index contributed by atoms with van der Waals surface area (Å²) < 4.78 is 0. The van der Waals surface area contributed by atoms with Crippen molar-refractivity contribution in [2.45, 2.75) is 45.6 Å². The van der Waals surface area contributed by atoms with Crippen molar-refractivity contribution in [2.75, 3.05) is 0 Å². The average molecular weight is 265 g/mol. The van der Waals surface area contributed by atoms with Crippen LogP contribution in [0.25, 0.3) is 0 Å². The Morgan fingerprint density at radius 2 is 1.75 bits per heavy atom. The highest BCUT2D eigenvalue weighted by atomic mass is 14.6. The second-order valence-electron chi connectivity index (χ2n) is 6.11. The van der Waals surface area contributed by atoms with Crippen LogP contribution in [0, 0.1) is 13.8 Å². The normalized spacial score (nSPS) is 15.2. The molecule has 1 heteroatoms. The zero-order chi connectivity index (χ0) is 14.1. The molecule has 0 saturated heterocycles. The smallest absolute Gasteiger partial charge is 0.0335 e. The predicted molar refractivity (Wildman–Crippen MR) is 85.0 cm³/mol. The second kappa shape index (κ2) is 5.41. The van der Waals surface area contributed by atoms with Gasteiger partial charge in [0.25, 0.3) is 0 Å². The van der Waals surface area contributed by atoms with Gasteiger partial charge < -0.3 is 5.73 Å². The molecule has 3 rings (SSSR count). The first kappa shape index (κ1) is 13.4. The molecule has 20 heavy (non-hydrogen) atoms. The van der Waals surface area contributed by atoms with Crippen LogP contribution in [0.5, 0.6) is 0 Å². The minimum Gasteiger partial charge on any atom is -0.324 e. The van der Waals surface area contributed by atoms with Crippen LogP contribution in [0.15, 0.2) is 36.4 Å². The van der Waals surface area contributed by atoms with Gasteiger partial charge in [0.1, 0.15) is 0 Å². The highest BCUT2D eigenvalue weighted by Crippen LogP contribution is 2.26. The Kier molecular flexibility index (Phi) is 3.62. The molecule has 1 atom stereocenters. The highest BCUT2D eigenvalue weighted by Gasteiger charge is 2.14. The number of rotatable bonds is 3. The maximum atomic E-state index is 6.41. The number of aryl methyl sites for hydroxylation is 4. The summed E-state index contributed by atoms with van der Waals surface area (Å²) in [7, 11) is 0. The molecule has 0 heterocycles. The number of hydrogen-bond acceptors (Lipinski definition) is 1. The molecule has 0 aliphatic heterocycles. The van der Waals surface area contributed by atoms with E-state index in [0.717, 1.165) is 6.42 Å². The molecule has 0 amide bonds. The molecule has 0 bridgehead atoms. The number of benzene rings is 2. The molecule has 0 fully saturated rings. The predicted octanol–water partition coefficient (Wildman–Crippen LogP) is 4.03. The van der Waals surface area contributed by atoms with E-state index in [-0.39, 0.29) is 6.04 Å². The van der Waals surface area contributed by atoms with Crippen molar-refractivity contribution < 1.29 is 0 Å². The SMILES string of the molecule is Cc1ccc(CC(N)c2ccc3c(c2)CCC3)cc1C. The third kappa shape index (κ3) is 2.64. The Morgan fingerprint density at radius 1 is 0.950 bits per heavy atom. The standard InChI is InChI=1S/C19H23N/c1-13-6-7-15(10-14(13)2)11-19(20)18-9-8-16-4-3-5-17(16)12-18/h6-10,12,19H,3-5,11,20H2,1-2H3. The first-order valence-corrected chi connectivity index (χ1v) is 7.57. The van der Waals surface area contributed by atoms with Crippen LogP contribution in [0.2, 0.25) is 0 Å². The summed E-state index contributed by atoms with van der Waals surface area (Å²) in [5, 5.41) is 0. The summed E-state index contributed by atoms with van der Waals surface area (Å²) in [6, 6.07) is 13.6. The fourth-order valence-electron chi connectivity index (χ4n) is 3.12. The summed E-state index contributed by atoms with van der Waals surface area (Å²) in [5.74, 6) is 0. The van der Waals surface area contributed by atoms with E-state index < -0.39 is 0 Å². The first-order chi connectivity index (χ1) is 9.63. The molecule has 1 unspecified atom stereocenters. The van der Waals surface area contributed by atoms with Crippen molar-refractivity contribution in [1.82, 2.24) is 0 Å². The lowest BCUT2D eigenvalue weighted by molar-refractivity contribution is 0.720. The Morgan fingerprint density at radius 3 is 2.55 bits per heavy atom. The molecule has 104 valence electrons. The van der Waals surface area contributed by atoms with E-state index in [1.807, 2.05) is 0 Å². The van der Waals surface area contributed by atoms with Crippen LogP contribution >= 0.6 is 0 Å². The van der Waals surface area contributed by atoms with E-state index >= 15 is 0 Å². The van der Waals surface area contributed by atoms with Crippen molar-refractivity contribution in [3.63, 3.8) is 0 Å². The van der Waals surface area contributed by atoms with Gasteiger partial charge in [0.15, 0.2) is 0 Å². The summed E-state index contributed by atoms with van der Waals surface area (Å²) in [5.41, 5.74) is 14.8. The minimum atomic E-state index is 0.100. The molecule has 2 aromatic rings. The molecular weight excluding hydrogens is 242 g/mol. The Labute approximate surface area is 121 Å². The van der Waals surface area contributed by atoms with E-state index in [0.29, 0.717) is 0 Å². The molecule has 0 aromatic heterocycles. The molecule has 2 N–H and O–H groups in total. The van der Waals surface area contributed by atoms with E-state index in [1.165, 1.54) is 52.6 Å². The van der Waals surface area contributed by atoms with E-state index in [9.17, 15) is 0 Å². The van der Waals surface area contributed by atoms with Gasteiger partial charge in [-0.2, -0.15) is 0 Å². The third-order valence-corrected chi connectivity index (χ3v) is 4.58. The Bertz CT molecular complexity index is 628. The third-order valence-electron chi connectivity index (χ3n) is 4.58. The summed E-state index contributed by atoms with van der Waals surface area (Å²) in [4.78, 5) is 0. The molecule has 2 aromatic carbocycles. The second-order valence-corrected chi connectivity index (χ2v) is 6.11. The lowest BCUT2D eigenvalue weighted by atomic mass is 9.95. The van der Waals surface area contributed by atoms with Crippen molar-refractivity contribution >= 4 is 0 Å². The van der Waals surface area contributed by atoms with Crippen LogP contribution in [0.4, 0.5) is 0 Å². The van der Waals surface area contributed by atoms with Crippen molar-refractivity contribution in [3.8, 4) is 0 Å². The minimum absolute atomic E-state index is 0.100. The van der Waals surface area contributed by atoms with Gasteiger partial charge in [-0.05, 0) is 72.9 Å². The first-order valence-electron chi connectivity index (χ1n) is 7.57. The molecular formula is C19H23N. The van der Waals surface area contributed by atoms with Gasteiger partial charge in [0, 0.05) is 6.04 Å². The van der Waals surface area contributed by atoms with Crippen molar-refractivity contribution in [1.29, 1.82) is 0 Å². The molecule has 0 spiro atoms. The topological polar surface area (TPSA) is 26.0 Å². The van der Waals surface area contributed by atoms with E-state index in [4.69, 9.17) is 5.73 Å². The maximum absolute atomic E-state index is 6.41. The van der Waals surface area contributed by atoms with Crippen molar-refractivity contribution in [3.05, 3.63) is 69.8 Å². The fourth-order valence-corrected chi connectivity index (χ4v) is 3.12. The Balaban J connectivity index is 1.78. The monoisotopic (exact) mass is 265 g/mol. The van der Waals surface area contributed by atoms with Gasteiger partial charge in [0.05, 0.1) is 0 Å². The fraction of sp³-hybridized carbons (Fsp3) is 0.368. The van der Waals surface area contributed by atoms with Gasteiger partial charge in [-0.1, -0.05) is 36.4 Å². The van der Waals surface area contributed by atoms with Crippen LogP contribution in [-0.2, 0) is 19.3 Å². The number of hydrogen-bond donors (Lipinski definition) is 1. The molecule has 1 aliphatic rings. The van der Waals surface area contributed by atoms with Crippen LogP contribution in [0.1, 0.15) is 45.8 Å². The summed E-state index contributed by atoms with van der Waals surface area (Å²) in [6.07, 6.45) is 4.67. The molecule has 0 saturated carbocycles. The quantitative estimate of drug-likeness (QED) is 0.890. The van der Waals surface area contributed by atoms with E-state index in [1.54, 1.807) is 0 Å². The highest BCUT2D eigenvalue weighted by molar-refractivity contribution is 5.37. The van der Waals surface area contributed by atoms with E-state index in [2.05, 4.69) is 50.2 Å². The molecule has 0 radical (unpaired) electrons. The van der Waals surface area contributed by atoms with Gasteiger partial charge in [-0.3, -0.25) is 0 Å². The van der Waals surface area contributed by atoms with Crippen molar-refractivity contribution in [2.24, 2.45) is 5.73 Å². The van der Waals surface area contributed by atoms with Gasteiger partial charge in [-0.25, -0.2) is 0 Å². The van der Waals surface area contributed by atoms with Crippen LogP contribution < -0.4 is 5.73 Å². The van der Waals surface area contributed by atoms with Gasteiger partial charge in [0.2, 0.25) is 0 Å². The lowest BCUT2D eigenvalue weighted by Crippen LogP contribution is -2.13. The summed E-state index contributed by atoms with van der Waals surface area (Å²) >= 11 is 0. The number of fused-ring (bicyclic) bond motifs is 1. The maximum Gasteiger partial charge on any atom is 0.0335 e. The van der Waals surface area contributed by atoms with Gasteiger partial charge >= 0.3 is 0 Å². The molecule has 1 aliphatic carbocycles. The number of nitrogens with two attached hydrogens (primary N) is 1. The van der Waals surface area contributed by atoms with Crippen LogP contribution in [0.3, 0.4) is 0 Å². The lowest BCUT2D eigenvalue weighted by Gasteiger charge is -2.14. The molecule has 1 nitrogen and oxygen atoms in total. The summed E-state index contributed by atoms with van der Waals surface area (Å²) in [6.45, 7) is 4.32.